The molecule has 0 saturated carbocycles. The van der Waals surface area contributed by atoms with Crippen molar-refractivity contribution in [3.05, 3.63) is 34.7 Å². The van der Waals surface area contributed by atoms with Crippen LogP contribution in [0.25, 0.3) is 11.0 Å². The first-order valence-corrected chi connectivity index (χ1v) is 15.5. The lowest BCUT2D eigenvalue weighted by atomic mass is 9.97. The highest BCUT2D eigenvalue weighted by atomic mass is 32.2. The summed E-state index contributed by atoms with van der Waals surface area (Å²) in [5, 5.41) is 14.0. The molecule has 3 saturated heterocycles. The summed E-state index contributed by atoms with van der Waals surface area (Å²) < 4.78 is 27.9. The lowest BCUT2D eigenvalue weighted by molar-refractivity contribution is 0.0287. The van der Waals surface area contributed by atoms with E-state index < -0.39 is 16.1 Å². The summed E-state index contributed by atoms with van der Waals surface area (Å²) in [7, 11) is -3.17. The Balaban J connectivity index is 1.18. The predicted molar refractivity (Wildman–Crippen MR) is 146 cm³/mol. The van der Waals surface area contributed by atoms with Crippen LogP contribution in [0.15, 0.2) is 29.1 Å². The van der Waals surface area contributed by atoms with E-state index in [9.17, 15) is 23.1 Å². The van der Waals surface area contributed by atoms with Gasteiger partial charge >= 0.3 is 11.7 Å². The van der Waals surface area contributed by atoms with E-state index in [1.807, 2.05) is 38.1 Å². The number of piperazine rings is 1. The number of piperidine rings is 1. The summed E-state index contributed by atoms with van der Waals surface area (Å²) in [5.41, 5.74) is 1.05. The highest BCUT2D eigenvalue weighted by molar-refractivity contribution is 7.88. The summed E-state index contributed by atoms with van der Waals surface area (Å²) >= 11 is 0. The van der Waals surface area contributed by atoms with Gasteiger partial charge in [-0.05, 0) is 51.7 Å². The number of imidazole rings is 1. The number of hydrogen-bond donors (Lipinski definition) is 2. The molecule has 5 rings (SSSR count). The first kappa shape index (κ1) is 27.3. The molecular weight excluding hydrogens is 508 g/mol. The smallest absolute Gasteiger partial charge is 0.337 e. The number of carbonyl (C=O) groups excluding carboxylic acids is 1. The van der Waals surface area contributed by atoms with E-state index in [-0.39, 0.29) is 35.9 Å². The lowest BCUT2D eigenvalue weighted by Crippen LogP contribution is -2.55. The Labute approximate surface area is 224 Å². The van der Waals surface area contributed by atoms with Crippen molar-refractivity contribution in [3.63, 3.8) is 0 Å². The van der Waals surface area contributed by atoms with Gasteiger partial charge in [0.05, 0.1) is 23.4 Å². The first-order valence-electron chi connectivity index (χ1n) is 13.7. The number of benzene rings is 1. The third-order valence-corrected chi connectivity index (χ3v) is 9.70. The van der Waals surface area contributed by atoms with E-state index in [1.54, 1.807) is 4.57 Å². The van der Waals surface area contributed by atoms with Crippen LogP contribution < -0.4 is 11.0 Å². The van der Waals surface area contributed by atoms with Crippen LogP contribution in [0.2, 0.25) is 0 Å². The Hall–Kier alpha value is -2.25. The molecule has 0 spiro atoms. The molecule has 1 amide bonds. The number of nitrogens with zero attached hydrogens (tertiary/aromatic N) is 5. The fraction of sp³-hybridized carbons (Fsp3) is 0.692. The number of β-amino-alcohol motifs (C(OH)–C–C–N with tert-alkyl or cyclic N) is 1. The predicted octanol–water partition coefficient (Wildman–Crippen LogP) is 0.875. The van der Waals surface area contributed by atoms with Crippen LogP contribution in [0.4, 0.5) is 4.79 Å². The van der Waals surface area contributed by atoms with Crippen molar-refractivity contribution in [2.45, 2.75) is 69.8 Å². The minimum atomic E-state index is -3.17. The van der Waals surface area contributed by atoms with Gasteiger partial charge in [-0.3, -0.25) is 14.4 Å². The highest BCUT2D eigenvalue weighted by Crippen LogP contribution is 2.36. The van der Waals surface area contributed by atoms with Gasteiger partial charge in [-0.25, -0.2) is 22.6 Å². The third kappa shape index (κ3) is 5.42. The van der Waals surface area contributed by atoms with Gasteiger partial charge in [0.2, 0.25) is 10.0 Å². The Bertz CT molecular complexity index is 1320. The van der Waals surface area contributed by atoms with E-state index in [2.05, 4.69) is 15.1 Å². The topological polar surface area (TPSA) is 120 Å². The zero-order valence-electron chi connectivity index (χ0n) is 22.5. The van der Waals surface area contributed by atoms with Gasteiger partial charge in [0.15, 0.2) is 0 Å². The summed E-state index contributed by atoms with van der Waals surface area (Å²) in [4.78, 5) is 31.0. The number of aliphatic hydroxyl groups excluding tert-OH is 1. The van der Waals surface area contributed by atoms with Crippen molar-refractivity contribution in [2.75, 3.05) is 45.5 Å². The minimum absolute atomic E-state index is 0.0227. The Morgan fingerprint density at radius 1 is 1.03 bits per heavy atom. The molecule has 1 aromatic carbocycles. The van der Waals surface area contributed by atoms with E-state index in [4.69, 9.17) is 0 Å². The molecule has 0 aliphatic carbocycles. The van der Waals surface area contributed by atoms with Gasteiger partial charge in [0, 0.05) is 63.4 Å². The number of carbonyl (C=O) groups is 1. The number of fused-ring (bicyclic) bond motifs is 3. The zero-order chi connectivity index (χ0) is 27.2. The molecule has 210 valence electrons. The van der Waals surface area contributed by atoms with Crippen LogP contribution in [0.3, 0.4) is 0 Å². The number of aliphatic hydroxyl groups is 1. The van der Waals surface area contributed by atoms with Crippen molar-refractivity contribution >= 4 is 27.1 Å². The average molecular weight is 549 g/mol. The second kappa shape index (κ2) is 10.7. The highest BCUT2D eigenvalue weighted by Gasteiger charge is 2.42. The summed E-state index contributed by atoms with van der Waals surface area (Å²) in [6.07, 6.45) is 4.36. The minimum Gasteiger partial charge on any atom is -0.390 e. The van der Waals surface area contributed by atoms with Gasteiger partial charge in [-0.1, -0.05) is 12.1 Å². The molecule has 3 fully saturated rings. The van der Waals surface area contributed by atoms with Gasteiger partial charge < -0.3 is 10.4 Å². The van der Waals surface area contributed by atoms with Crippen LogP contribution in [-0.2, 0) is 10.0 Å². The number of rotatable bonds is 7. The maximum Gasteiger partial charge on any atom is 0.337 e. The third-order valence-electron chi connectivity index (χ3n) is 8.40. The molecule has 11 nitrogen and oxygen atoms in total. The quantitative estimate of drug-likeness (QED) is 0.527. The Morgan fingerprint density at radius 3 is 2.21 bits per heavy atom. The lowest BCUT2D eigenvalue weighted by Gasteiger charge is -2.41. The molecule has 3 aliphatic heterocycles. The molecule has 38 heavy (non-hydrogen) atoms. The molecular formula is C26H40N6O5S. The van der Waals surface area contributed by atoms with Crippen LogP contribution in [0.1, 0.15) is 45.6 Å². The fourth-order valence-electron chi connectivity index (χ4n) is 6.64. The monoisotopic (exact) mass is 548 g/mol. The molecule has 2 aromatic rings. The van der Waals surface area contributed by atoms with Crippen molar-refractivity contribution in [2.24, 2.45) is 0 Å². The number of aromatic nitrogens is 2. The molecule has 4 atom stereocenters. The number of nitrogens with one attached hydrogen (secondary N) is 1. The van der Waals surface area contributed by atoms with Crippen molar-refractivity contribution < 1.29 is 18.3 Å². The molecule has 1 aromatic heterocycles. The Kier molecular flexibility index (Phi) is 7.71. The van der Waals surface area contributed by atoms with E-state index >= 15 is 0 Å². The van der Waals surface area contributed by atoms with E-state index in [0.717, 1.165) is 31.2 Å². The van der Waals surface area contributed by atoms with Crippen LogP contribution in [0.5, 0.6) is 0 Å². The zero-order valence-corrected chi connectivity index (χ0v) is 23.3. The normalized spacial score (nSPS) is 26.3. The molecule has 2 N–H and O–H groups in total. The number of para-hydroxylation sites is 2. The summed E-state index contributed by atoms with van der Waals surface area (Å²) in [6, 6.07) is 7.50. The first-order chi connectivity index (χ1) is 18.0. The number of hydrogen-bond acceptors (Lipinski definition) is 7. The second-order valence-corrected chi connectivity index (χ2v) is 13.4. The number of sulfonamides is 1. The van der Waals surface area contributed by atoms with Crippen molar-refractivity contribution in [1.29, 1.82) is 0 Å². The van der Waals surface area contributed by atoms with Gasteiger partial charge in [-0.2, -0.15) is 4.31 Å². The number of amides is 1. The fourth-order valence-corrected chi connectivity index (χ4v) is 7.46. The van der Waals surface area contributed by atoms with E-state index in [1.165, 1.54) is 15.1 Å². The maximum atomic E-state index is 13.3. The maximum absolute atomic E-state index is 13.3. The molecule has 12 heteroatoms. The van der Waals surface area contributed by atoms with Crippen LogP contribution in [-0.4, -0.2) is 113 Å². The van der Waals surface area contributed by atoms with Crippen molar-refractivity contribution in [1.82, 2.24) is 28.6 Å². The summed E-state index contributed by atoms with van der Waals surface area (Å²) in [5.74, 6) is 0. The SMILES string of the molecule is CC(C)n1c(=O)n(C(=O)N[C@H]2C[C@H]3CC[C@@H](C2)N3CC(O)CN2CCN(S(C)(=O)=O)CC2)c2ccccc21. The molecule has 1 unspecified atom stereocenters. The molecule has 3 aliphatic rings. The van der Waals surface area contributed by atoms with Gasteiger partial charge in [0.25, 0.3) is 0 Å². The standard InChI is InChI=1S/C26H40N6O5S/c1-18(2)31-23-6-4-5-7-24(23)32(26(31)35)25(34)27-19-14-20-8-9-21(15-19)30(20)17-22(33)16-28-10-12-29(13-11-28)38(3,36)37/h4-7,18-22,33H,8-17H2,1-3H3,(H,27,34)/t19-,20+,21-,22?. The second-order valence-electron chi connectivity index (χ2n) is 11.4. The largest absolute Gasteiger partial charge is 0.390 e. The molecule has 4 heterocycles. The molecule has 0 radical (unpaired) electrons. The van der Waals surface area contributed by atoms with Gasteiger partial charge in [0.1, 0.15) is 0 Å². The van der Waals surface area contributed by atoms with Crippen LogP contribution in [0, 0.1) is 0 Å². The summed E-state index contributed by atoms with van der Waals surface area (Å²) in [6.45, 7) is 7.14. The average Bonchev–Trinajstić information content (AvgIpc) is 3.26. The van der Waals surface area contributed by atoms with Crippen LogP contribution >= 0.6 is 0 Å². The van der Waals surface area contributed by atoms with Crippen molar-refractivity contribution in [3.8, 4) is 0 Å². The van der Waals surface area contributed by atoms with E-state index in [0.29, 0.717) is 44.8 Å². The van der Waals surface area contributed by atoms with Gasteiger partial charge in [-0.15, -0.1) is 0 Å². The Morgan fingerprint density at radius 2 is 1.63 bits per heavy atom. The molecule has 2 bridgehead atoms.